The Morgan fingerprint density at radius 3 is 2.71 bits per heavy atom. The van der Waals surface area contributed by atoms with Crippen molar-refractivity contribution >= 4 is 11.0 Å². The van der Waals surface area contributed by atoms with Crippen LogP contribution >= 0.6 is 0 Å². The minimum absolute atomic E-state index is 0.581. The van der Waals surface area contributed by atoms with Gasteiger partial charge in [0.25, 0.3) is 0 Å². The van der Waals surface area contributed by atoms with Crippen LogP contribution in [0.5, 0.6) is 0 Å². The largest absolute Gasteiger partial charge is 0.356 e. The fourth-order valence-corrected chi connectivity index (χ4v) is 3.48. The highest BCUT2D eigenvalue weighted by Crippen LogP contribution is 2.39. The molecule has 2 aliphatic rings. The van der Waals surface area contributed by atoms with E-state index in [0.29, 0.717) is 18.0 Å². The van der Waals surface area contributed by atoms with Crippen LogP contribution in [0, 0.1) is 0 Å². The molecule has 0 amide bonds. The van der Waals surface area contributed by atoms with E-state index in [1.807, 2.05) is 12.1 Å². The molecule has 2 fully saturated rings. The van der Waals surface area contributed by atoms with Gasteiger partial charge < -0.3 is 9.84 Å². The van der Waals surface area contributed by atoms with E-state index in [1.165, 1.54) is 36.8 Å². The van der Waals surface area contributed by atoms with E-state index in [9.17, 15) is 0 Å². The monoisotopic (exact) mass is 228 g/mol. The molecule has 0 aliphatic carbocycles. The number of nitrogens with one attached hydrogen (secondary N) is 1. The highest BCUT2D eigenvalue weighted by atomic mass is 16.5. The lowest BCUT2D eigenvalue weighted by atomic mass is 9.88. The third-order valence-corrected chi connectivity index (χ3v) is 4.27. The van der Waals surface area contributed by atoms with Gasteiger partial charge in [0, 0.05) is 23.4 Å². The number of aromatic nitrogens is 1. The maximum Gasteiger partial charge on any atom is 0.167 e. The molecule has 2 saturated heterocycles. The van der Waals surface area contributed by atoms with Crippen molar-refractivity contribution in [1.82, 2.24) is 10.5 Å². The molecule has 88 valence electrons. The Balaban J connectivity index is 1.74. The van der Waals surface area contributed by atoms with Crippen LogP contribution in [0.15, 0.2) is 28.8 Å². The average Bonchev–Trinajstić information content (AvgIpc) is 2.93. The number of hydrogen-bond acceptors (Lipinski definition) is 3. The molecule has 2 aliphatic heterocycles. The maximum atomic E-state index is 5.42. The van der Waals surface area contributed by atoms with Gasteiger partial charge in [0.2, 0.25) is 0 Å². The average molecular weight is 228 g/mol. The fraction of sp³-hybridized carbons (Fsp3) is 0.500. The van der Waals surface area contributed by atoms with Gasteiger partial charge in [-0.1, -0.05) is 17.3 Å². The van der Waals surface area contributed by atoms with Crippen molar-refractivity contribution in [3.05, 3.63) is 30.0 Å². The van der Waals surface area contributed by atoms with Crippen LogP contribution in [0.3, 0.4) is 0 Å². The molecule has 1 aromatic heterocycles. The Morgan fingerprint density at radius 2 is 1.88 bits per heavy atom. The Hall–Kier alpha value is -1.35. The second-order valence-corrected chi connectivity index (χ2v) is 5.37. The van der Waals surface area contributed by atoms with Crippen LogP contribution in [0.25, 0.3) is 11.0 Å². The zero-order valence-corrected chi connectivity index (χ0v) is 9.73. The Labute approximate surface area is 100 Å². The van der Waals surface area contributed by atoms with Crippen molar-refractivity contribution in [1.29, 1.82) is 0 Å². The van der Waals surface area contributed by atoms with Gasteiger partial charge in [-0.2, -0.15) is 0 Å². The van der Waals surface area contributed by atoms with Crippen LogP contribution in [0.1, 0.15) is 37.3 Å². The van der Waals surface area contributed by atoms with E-state index in [2.05, 4.69) is 22.6 Å². The van der Waals surface area contributed by atoms with E-state index < -0.39 is 0 Å². The molecule has 0 spiro atoms. The highest BCUT2D eigenvalue weighted by molar-refractivity contribution is 5.79. The summed E-state index contributed by atoms with van der Waals surface area (Å²) in [5, 5.41) is 9.19. The number of hydrogen-bond donors (Lipinski definition) is 1. The zero-order valence-electron chi connectivity index (χ0n) is 9.73. The van der Waals surface area contributed by atoms with Gasteiger partial charge in [-0.15, -0.1) is 0 Å². The van der Waals surface area contributed by atoms with E-state index in [-0.39, 0.29) is 0 Å². The fourth-order valence-electron chi connectivity index (χ4n) is 3.48. The van der Waals surface area contributed by atoms with E-state index in [1.54, 1.807) is 0 Å². The molecule has 3 nitrogen and oxygen atoms in total. The molecule has 0 radical (unpaired) electrons. The molecular formula is C14H16N2O. The number of nitrogens with zero attached hydrogens (tertiary/aromatic N) is 1. The van der Waals surface area contributed by atoms with Gasteiger partial charge in [0.1, 0.15) is 0 Å². The van der Waals surface area contributed by atoms with E-state index in [0.717, 1.165) is 5.58 Å². The summed E-state index contributed by atoms with van der Waals surface area (Å²) < 4.78 is 5.42. The lowest BCUT2D eigenvalue weighted by Gasteiger charge is -2.27. The van der Waals surface area contributed by atoms with Crippen LogP contribution in [0.4, 0.5) is 0 Å². The number of rotatable bonds is 1. The number of piperidine rings is 1. The van der Waals surface area contributed by atoms with Crippen LogP contribution < -0.4 is 5.32 Å². The van der Waals surface area contributed by atoms with Crippen LogP contribution in [0.2, 0.25) is 0 Å². The van der Waals surface area contributed by atoms with Crippen molar-refractivity contribution in [3.8, 4) is 0 Å². The number of benzene rings is 1. The predicted octanol–water partition coefficient (Wildman–Crippen LogP) is 2.83. The van der Waals surface area contributed by atoms with Crippen LogP contribution in [-0.4, -0.2) is 17.2 Å². The maximum absolute atomic E-state index is 5.42. The van der Waals surface area contributed by atoms with Gasteiger partial charge in [0.15, 0.2) is 5.58 Å². The summed E-state index contributed by atoms with van der Waals surface area (Å²) in [5.74, 6) is 0.581. The molecule has 1 aromatic carbocycles. The first-order chi connectivity index (χ1) is 8.40. The Kier molecular flexibility index (Phi) is 2.03. The molecule has 2 atom stereocenters. The third-order valence-electron chi connectivity index (χ3n) is 4.27. The SMILES string of the molecule is c1ccc2c(C3CC4CCC(C3)N4)noc2c1. The first kappa shape index (κ1) is 9.66. The van der Waals surface area contributed by atoms with Gasteiger partial charge >= 0.3 is 0 Å². The second-order valence-electron chi connectivity index (χ2n) is 5.37. The molecule has 17 heavy (non-hydrogen) atoms. The number of para-hydroxylation sites is 1. The summed E-state index contributed by atoms with van der Waals surface area (Å²) in [4.78, 5) is 0. The molecule has 2 aromatic rings. The summed E-state index contributed by atoms with van der Waals surface area (Å²) in [6.45, 7) is 0. The molecule has 3 heteroatoms. The van der Waals surface area contributed by atoms with E-state index in [4.69, 9.17) is 4.52 Å². The van der Waals surface area contributed by atoms with Gasteiger partial charge in [-0.05, 0) is 37.8 Å². The predicted molar refractivity (Wildman–Crippen MR) is 65.9 cm³/mol. The Bertz CT molecular complexity index is 536. The molecule has 1 N–H and O–H groups in total. The summed E-state index contributed by atoms with van der Waals surface area (Å²) in [6, 6.07) is 9.61. The molecule has 2 bridgehead atoms. The molecular weight excluding hydrogens is 212 g/mol. The van der Waals surface area contributed by atoms with Gasteiger partial charge in [0.05, 0.1) is 5.69 Å². The highest BCUT2D eigenvalue weighted by Gasteiger charge is 2.35. The Morgan fingerprint density at radius 1 is 1.12 bits per heavy atom. The van der Waals surface area contributed by atoms with Crippen LogP contribution in [-0.2, 0) is 0 Å². The lowest BCUT2D eigenvalue weighted by molar-refractivity contribution is 0.345. The molecule has 2 unspecified atom stereocenters. The summed E-state index contributed by atoms with van der Waals surface area (Å²) in [7, 11) is 0. The normalized spacial score (nSPS) is 32.1. The van der Waals surface area contributed by atoms with Gasteiger partial charge in [-0.25, -0.2) is 0 Å². The van der Waals surface area contributed by atoms with Crippen molar-refractivity contribution < 1.29 is 4.52 Å². The van der Waals surface area contributed by atoms with Crippen molar-refractivity contribution in [2.75, 3.05) is 0 Å². The summed E-state index contributed by atoms with van der Waals surface area (Å²) in [5.41, 5.74) is 2.10. The van der Waals surface area contributed by atoms with Crippen molar-refractivity contribution in [2.45, 2.75) is 43.7 Å². The molecule has 3 heterocycles. The minimum atomic E-state index is 0.581. The van der Waals surface area contributed by atoms with Gasteiger partial charge in [-0.3, -0.25) is 0 Å². The second kappa shape index (κ2) is 3.57. The molecule has 4 rings (SSSR count). The third kappa shape index (κ3) is 1.49. The summed E-state index contributed by atoms with van der Waals surface area (Å²) >= 11 is 0. The smallest absolute Gasteiger partial charge is 0.167 e. The molecule has 0 saturated carbocycles. The quantitative estimate of drug-likeness (QED) is 0.815. The summed E-state index contributed by atoms with van der Waals surface area (Å²) in [6.07, 6.45) is 5.09. The first-order valence-electron chi connectivity index (χ1n) is 6.50. The number of fused-ring (bicyclic) bond motifs is 3. The zero-order chi connectivity index (χ0) is 11.2. The lowest BCUT2D eigenvalue weighted by Crippen LogP contribution is -2.37. The van der Waals surface area contributed by atoms with E-state index >= 15 is 0 Å². The standard InChI is InChI=1S/C14H16N2O/c1-2-4-13-12(3-1)14(16-17-13)9-7-10-5-6-11(8-9)15-10/h1-4,9-11,15H,5-8H2. The van der Waals surface area contributed by atoms with Crippen molar-refractivity contribution in [3.63, 3.8) is 0 Å². The first-order valence-corrected chi connectivity index (χ1v) is 6.50. The topological polar surface area (TPSA) is 38.1 Å². The van der Waals surface area contributed by atoms with Crippen molar-refractivity contribution in [2.24, 2.45) is 0 Å². The minimum Gasteiger partial charge on any atom is -0.356 e.